The standard InChI is InChI=1S/C33H37N6O6Si/c1-20(2)43-27-17-11-8-14-24(27)30(40)35-34-23(7)33(46,38-36-31(41)25-15-9-12-18-28(25)44-21(3)4)39-37-32(42)26-16-10-13-19-29(26)45-22(5)6/h8-23H,1-7H3. The zero-order chi connectivity index (χ0) is 33.9. The van der Waals surface area contributed by atoms with Crippen LogP contribution < -0.4 is 14.2 Å². The second kappa shape index (κ2) is 16.4. The highest BCUT2D eigenvalue weighted by molar-refractivity contribution is 6.16. The first-order valence-corrected chi connectivity index (χ1v) is 15.2. The van der Waals surface area contributed by atoms with E-state index >= 15 is 0 Å². The summed E-state index contributed by atoms with van der Waals surface area (Å²) >= 11 is 0. The predicted octanol–water partition coefficient (Wildman–Crippen LogP) is 7.44. The summed E-state index contributed by atoms with van der Waals surface area (Å²) in [6, 6.07) is 18.7. The molecule has 0 spiro atoms. The van der Waals surface area contributed by atoms with Crippen molar-refractivity contribution in [1.82, 2.24) is 0 Å². The number of nitrogens with zero attached hydrogens (tertiary/aromatic N) is 6. The average molecular weight is 642 g/mol. The first-order chi connectivity index (χ1) is 21.8. The fourth-order valence-corrected chi connectivity index (χ4v) is 3.97. The maximum Gasteiger partial charge on any atom is 0.298 e. The Hall–Kier alpha value is -4.91. The van der Waals surface area contributed by atoms with Gasteiger partial charge in [0, 0.05) is 0 Å². The second-order valence-corrected chi connectivity index (χ2v) is 11.7. The van der Waals surface area contributed by atoms with E-state index < -0.39 is 29.0 Å². The molecule has 3 aromatic carbocycles. The molecule has 1 unspecified atom stereocenters. The van der Waals surface area contributed by atoms with Crippen molar-refractivity contribution in [1.29, 1.82) is 0 Å². The molecule has 3 rings (SSSR count). The highest BCUT2D eigenvalue weighted by atomic mass is 28.1. The van der Waals surface area contributed by atoms with Gasteiger partial charge in [0.2, 0.25) is 0 Å². The van der Waals surface area contributed by atoms with E-state index in [9.17, 15) is 14.4 Å². The Balaban J connectivity index is 1.98. The lowest BCUT2D eigenvalue weighted by Gasteiger charge is -2.21. The normalized spacial score (nSPS) is 13.9. The molecule has 0 aliphatic rings. The monoisotopic (exact) mass is 641 g/mol. The summed E-state index contributed by atoms with van der Waals surface area (Å²) in [6.07, 6.45) is -0.572. The smallest absolute Gasteiger partial charge is 0.298 e. The summed E-state index contributed by atoms with van der Waals surface area (Å²) in [7, 11) is 3.42. The fourth-order valence-electron chi connectivity index (χ4n) is 3.81. The van der Waals surface area contributed by atoms with Crippen molar-refractivity contribution >= 4 is 28.0 Å². The molecule has 12 nitrogen and oxygen atoms in total. The number of carbonyl (C=O) groups is 3. The Labute approximate surface area is 271 Å². The molecular weight excluding hydrogens is 604 g/mol. The molecule has 3 amide bonds. The minimum absolute atomic E-state index is 0.160. The van der Waals surface area contributed by atoms with Crippen molar-refractivity contribution in [3.63, 3.8) is 0 Å². The number of amides is 3. The summed E-state index contributed by atoms with van der Waals surface area (Å²) < 4.78 is 17.2. The molecule has 0 bridgehead atoms. The van der Waals surface area contributed by atoms with E-state index in [1.165, 1.54) is 6.92 Å². The maximum atomic E-state index is 13.2. The van der Waals surface area contributed by atoms with Crippen LogP contribution in [0.1, 0.15) is 79.5 Å². The SMILES string of the molecule is CC(C)Oc1ccccc1C(=O)N=NC(C)C([Si])(N=NC(=O)c1ccccc1OC(C)C)N=NC(=O)c1ccccc1OC(C)C. The molecule has 0 saturated carbocycles. The third-order valence-electron chi connectivity index (χ3n) is 5.93. The highest BCUT2D eigenvalue weighted by Gasteiger charge is 2.34. The van der Waals surface area contributed by atoms with Crippen molar-refractivity contribution in [3.8, 4) is 17.2 Å². The van der Waals surface area contributed by atoms with Crippen LogP contribution in [-0.4, -0.2) is 57.6 Å². The second-order valence-electron chi connectivity index (χ2n) is 10.9. The lowest BCUT2D eigenvalue weighted by Crippen LogP contribution is -2.36. The van der Waals surface area contributed by atoms with E-state index in [2.05, 4.69) is 40.9 Å². The van der Waals surface area contributed by atoms with Crippen molar-refractivity contribution in [3.05, 3.63) is 89.5 Å². The van der Waals surface area contributed by atoms with Crippen LogP contribution in [0.15, 0.2) is 103 Å². The van der Waals surface area contributed by atoms with Gasteiger partial charge in [0.25, 0.3) is 17.7 Å². The fraction of sp³-hybridized carbons (Fsp3) is 0.364. The third-order valence-corrected chi connectivity index (χ3v) is 6.55. The van der Waals surface area contributed by atoms with Crippen LogP contribution in [0.4, 0.5) is 0 Å². The Kier molecular flexibility index (Phi) is 12.7. The van der Waals surface area contributed by atoms with E-state index in [4.69, 9.17) is 14.2 Å². The van der Waals surface area contributed by atoms with E-state index in [0.717, 1.165) is 0 Å². The number of carbonyl (C=O) groups excluding carboxylic acids is 3. The van der Waals surface area contributed by atoms with Crippen LogP contribution in [0.25, 0.3) is 0 Å². The molecule has 0 aliphatic heterocycles. The number of para-hydroxylation sites is 3. The van der Waals surface area contributed by atoms with Gasteiger partial charge in [-0.3, -0.25) is 14.4 Å². The molecule has 1 atom stereocenters. The van der Waals surface area contributed by atoms with Gasteiger partial charge >= 0.3 is 0 Å². The molecule has 0 aromatic heterocycles. The van der Waals surface area contributed by atoms with Gasteiger partial charge in [-0.1, -0.05) is 36.4 Å². The molecular formula is C33H37N6O6Si. The van der Waals surface area contributed by atoms with Crippen molar-refractivity contribution in [2.24, 2.45) is 30.7 Å². The van der Waals surface area contributed by atoms with Crippen molar-refractivity contribution < 1.29 is 28.6 Å². The summed E-state index contributed by atoms with van der Waals surface area (Å²) in [5, 5.41) is 21.9. The summed E-state index contributed by atoms with van der Waals surface area (Å²) in [4.78, 5) is 39.4. The minimum Gasteiger partial charge on any atom is -0.490 e. The van der Waals surface area contributed by atoms with Crippen molar-refractivity contribution in [2.45, 2.75) is 78.1 Å². The van der Waals surface area contributed by atoms with E-state index in [1.54, 1.807) is 72.8 Å². The number of hydrogen-bond acceptors (Lipinski definition) is 9. The first-order valence-electron chi connectivity index (χ1n) is 14.7. The zero-order valence-electron chi connectivity index (χ0n) is 26.9. The third kappa shape index (κ3) is 10.1. The maximum absolute atomic E-state index is 13.2. The van der Waals surface area contributed by atoms with Gasteiger partial charge in [-0.05, 0) is 84.9 Å². The van der Waals surface area contributed by atoms with Crippen LogP contribution in [-0.2, 0) is 0 Å². The van der Waals surface area contributed by atoms with Crippen LogP contribution in [0.3, 0.4) is 0 Å². The van der Waals surface area contributed by atoms with Crippen LogP contribution in [0.5, 0.6) is 17.2 Å². The molecule has 0 saturated heterocycles. The molecule has 13 heteroatoms. The quantitative estimate of drug-likeness (QED) is 0.140. The minimum atomic E-state index is -1.93. The Morgan fingerprint density at radius 3 is 1.17 bits per heavy atom. The number of benzene rings is 3. The predicted molar refractivity (Wildman–Crippen MR) is 172 cm³/mol. The Morgan fingerprint density at radius 1 is 0.543 bits per heavy atom. The van der Waals surface area contributed by atoms with Gasteiger partial charge < -0.3 is 14.2 Å². The van der Waals surface area contributed by atoms with Crippen LogP contribution in [0.2, 0.25) is 0 Å². The van der Waals surface area contributed by atoms with Gasteiger partial charge in [0.15, 0.2) is 5.29 Å². The Morgan fingerprint density at radius 2 is 0.848 bits per heavy atom. The molecule has 0 aliphatic carbocycles. The van der Waals surface area contributed by atoms with E-state index in [1.807, 2.05) is 41.5 Å². The number of hydrogen-bond donors (Lipinski definition) is 0. The summed E-state index contributed by atoms with van der Waals surface area (Å²) in [5.41, 5.74) is 0.518. The van der Waals surface area contributed by atoms with Gasteiger partial charge in [-0.25, -0.2) is 0 Å². The first kappa shape index (κ1) is 35.6. The summed E-state index contributed by atoms with van der Waals surface area (Å²) in [6.45, 7) is 12.5. The van der Waals surface area contributed by atoms with Gasteiger partial charge in [0.05, 0.1) is 35.0 Å². The summed E-state index contributed by atoms with van der Waals surface area (Å²) in [5.74, 6) is -1.18. The van der Waals surface area contributed by atoms with Crippen LogP contribution in [0, 0.1) is 0 Å². The lowest BCUT2D eigenvalue weighted by atomic mass is 10.2. The van der Waals surface area contributed by atoms with Gasteiger partial charge in [-0.2, -0.15) is 15.3 Å². The zero-order valence-corrected chi connectivity index (χ0v) is 27.9. The molecule has 0 heterocycles. The molecule has 239 valence electrons. The molecule has 0 N–H and O–H groups in total. The van der Waals surface area contributed by atoms with Crippen LogP contribution >= 0.6 is 0 Å². The average Bonchev–Trinajstić information content (AvgIpc) is 3.01. The lowest BCUT2D eigenvalue weighted by molar-refractivity contribution is 0.0969. The molecule has 3 radical (unpaired) electrons. The largest absolute Gasteiger partial charge is 0.490 e. The number of azo groups is 3. The molecule has 3 aromatic rings. The van der Waals surface area contributed by atoms with Gasteiger partial charge in [0.1, 0.15) is 33.5 Å². The van der Waals surface area contributed by atoms with E-state index in [-0.39, 0.29) is 35.0 Å². The Bertz CT molecular complexity index is 1550. The van der Waals surface area contributed by atoms with Crippen molar-refractivity contribution in [2.75, 3.05) is 0 Å². The molecule has 46 heavy (non-hydrogen) atoms. The van der Waals surface area contributed by atoms with E-state index in [0.29, 0.717) is 17.2 Å². The number of ether oxygens (including phenoxy) is 3. The number of rotatable bonds is 13. The highest BCUT2D eigenvalue weighted by Crippen LogP contribution is 2.26. The van der Waals surface area contributed by atoms with Gasteiger partial charge in [-0.15, -0.1) is 15.3 Å². The topological polar surface area (TPSA) is 153 Å². The molecule has 0 fully saturated rings.